The fourth-order valence-electron chi connectivity index (χ4n) is 10.4. The first-order chi connectivity index (χ1) is 34.3. The lowest BCUT2D eigenvalue weighted by molar-refractivity contribution is 0.101. The molecule has 3 fully saturated rings. The van der Waals surface area contributed by atoms with Gasteiger partial charge in [0.15, 0.2) is 11.4 Å². The van der Waals surface area contributed by atoms with Crippen molar-refractivity contribution in [3.05, 3.63) is 138 Å². The van der Waals surface area contributed by atoms with Crippen molar-refractivity contribution in [2.75, 3.05) is 68.9 Å². The number of anilines is 3. The Hall–Kier alpha value is -7.40. The highest BCUT2D eigenvalue weighted by Gasteiger charge is 2.29. The van der Waals surface area contributed by atoms with Gasteiger partial charge in [-0.2, -0.15) is 10.2 Å². The first-order valence-electron chi connectivity index (χ1n) is 24.5. The van der Waals surface area contributed by atoms with Gasteiger partial charge >= 0.3 is 0 Å². The molecule has 1 atom stereocenters. The van der Waals surface area contributed by atoms with Crippen molar-refractivity contribution in [2.45, 2.75) is 64.2 Å². The summed E-state index contributed by atoms with van der Waals surface area (Å²) in [5, 5.41) is 20.2. The summed E-state index contributed by atoms with van der Waals surface area (Å²) in [6.07, 6.45) is 19.8. The number of pyridine rings is 4. The van der Waals surface area contributed by atoms with Crippen LogP contribution < -0.4 is 15.5 Å². The molecule has 16 nitrogen and oxygen atoms in total. The van der Waals surface area contributed by atoms with Gasteiger partial charge in [-0.05, 0) is 142 Å². The van der Waals surface area contributed by atoms with Gasteiger partial charge in [0.05, 0.1) is 40.8 Å². The maximum absolute atomic E-state index is 14.3. The average Bonchev–Trinajstić information content (AvgIpc) is 4.22. The second-order valence-electron chi connectivity index (χ2n) is 19.4. The zero-order valence-corrected chi connectivity index (χ0v) is 39.8. The van der Waals surface area contributed by atoms with E-state index in [-0.39, 0.29) is 17.9 Å². The Morgan fingerprint density at radius 3 is 2.07 bits per heavy atom. The van der Waals surface area contributed by atoms with E-state index in [1.165, 1.54) is 37.7 Å². The fraction of sp³-hybridized carbons (Fsp3) is 0.333. The smallest absolute Gasteiger partial charge is 0.276 e. The van der Waals surface area contributed by atoms with Crippen LogP contribution in [0, 0.1) is 0 Å². The number of aromatic amines is 1. The molecule has 3 saturated heterocycles. The highest BCUT2D eigenvalue weighted by molar-refractivity contribution is 6.12. The molecule has 0 bridgehead atoms. The third-order valence-corrected chi connectivity index (χ3v) is 13.8. The summed E-state index contributed by atoms with van der Waals surface area (Å²) < 4.78 is 2.04. The maximum atomic E-state index is 14.3. The van der Waals surface area contributed by atoms with E-state index in [1.807, 2.05) is 86.2 Å². The van der Waals surface area contributed by atoms with Gasteiger partial charge in [0.2, 0.25) is 0 Å². The predicted molar refractivity (Wildman–Crippen MR) is 274 cm³/mol. The molecule has 356 valence electrons. The van der Waals surface area contributed by atoms with Gasteiger partial charge in [0.25, 0.3) is 11.8 Å². The van der Waals surface area contributed by atoms with E-state index < -0.39 is 0 Å². The van der Waals surface area contributed by atoms with Gasteiger partial charge in [-0.3, -0.25) is 44.1 Å². The number of hydrogen-bond donors (Lipinski definition) is 3. The van der Waals surface area contributed by atoms with Gasteiger partial charge in [-0.25, -0.2) is 4.98 Å². The number of H-pyrrole nitrogens is 1. The Bertz CT molecular complexity index is 3170. The van der Waals surface area contributed by atoms with Gasteiger partial charge in [0.1, 0.15) is 5.82 Å². The van der Waals surface area contributed by atoms with E-state index in [0.29, 0.717) is 29.3 Å². The molecule has 6 aromatic heterocycles. The van der Waals surface area contributed by atoms with Crippen molar-refractivity contribution in [1.82, 2.24) is 54.6 Å². The van der Waals surface area contributed by atoms with Crippen molar-refractivity contribution in [1.29, 1.82) is 0 Å². The number of carbonyl (C=O) groups is 2. The second-order valence-corrected chi connectivity index (χ2v) is 19.4. The molecule has 16 heteroatoms. The van der Waals surface area contributed by atoms with Crippen LogP contribution >= 0.6 is 0 Å². The summed E-state index contributed by atoms with van der Waals surface area (Å²) in [5.74, 6) is 0.324. The van der Waals surface area contributed by atoms with E-state index in [9.17, 15) is 9.59 Å². The van der Waals surface area contributed by atoms with E-state index in [1.54, 1.807) is 12.4 Å². The van der Waals surface area contributed by atoms with Crippen molar-refractivity contribution in [3.8, 4) is 22.3 Å². The van der Waals surface area contributed by atoms with Crippen LogP contribution in [-0.4, -0.2) is 120 Å². The first kappa shape index (κ1) is 45.1. The summed E-state index contributed by atoms with van der Waals surface area (Å²) >= 11 is 0. The fourth-order valence-corrected chi connectivity index (χ4v) is 10.4. The van der Waals surface area contributed by atoms with Crippen LogP contribution in [-0.2, 0) is 19.6 Å². The molecular formula is C54H58N14O2. The zero-order chi connectivity index (χ0) is 47.6. The van der Waals surface area contributed by atoms with Crippen LogP contribution in [0.1, 0.15) is 82.2 Å². The number of likely N-dealkylation sites (tertiary alicyclic amines) is 2. The van der Waals surface area contributed by atoms with E-state index in [2.05, 4.69) is 90.7 Å². The van der Waals surface area contributed by atoms with Crippen molar-refractivity contribution < 1.29 is 9.59 Å². The number of aromatic nitrogens is 8. The Kier molecular flexibility index (Phi) is 12.8. The van der Waals surface area contributed by atoms with Gasteiger partial charge in [0, 0.05) is 98.7 Å². The van der Waals surface area contributed by atoms with E-state index >= 15 is 0 Å². The Morgan fingerprint density at radius 1 is 0.629 bits per heavy atom. The molecule has 2 aromatic carbocycles. The summed E-state index contributed by atoms with van der Waals surface area (Å²) in [7, 11) is 4.06. The van der Waals surface area contributed by atoms with Gasteiger partial charge in [-0.1, -0.05) is 18.6 Å². The number of rotatable bonds is 14. The zero-order valence-electron chi connectivity index (χ0n) is 39.8. The summed E-state index contributed by atoms with van der Waals surface area (Å²) in [5.41, 5.74) is 10.7. The van der Waals surface area contributed by atoms with E-state index in [0.717, 1.165) is 120 Å². The molecule has 0 spiro atoms. The number of benzene rings is 2. The molecule has 0 aliphatic carbocycles. The van der Waals surface area contributed by atoms with Crippen LogP contribution in [0.3, 0.4) is 0 Å². The minimum absolute atomic E-state index is 0.0192. The Morgan fingerprint density at radius 2 is 1.30 bits per heavy atom. The van der Waals surface area contributed by atoms with Gasteiger partial charge in [-0.15, -0.1) is 0 Å². The molecule has 3 aliphatic heterocycles. The summed E-state index contributed by atoms with van der Waals surface area (Å²) in [6.45, 7) is 8.05. The number of carbonyl (C=O) groups excluding carboxylic acids is 2. The molecule has 3 N–H and O–H groups in total. The number of nitrogens with one attached hydrogen (secondary N) is 3. The largest absolute Gasteiger partial charge is 0.357 e. The molecular weight excluding hydrogens is 877 g/mol. The molecule has 70 heavy (non-hydrogen) atoms. The summed E-state index contributed by atoms with van der Waals surface area (Å²) in [6, 6.07) is 22.5. The van der Waals surface area contributed by atoms with Crippen LogP contribution in [0.4, 0.5) is 17.2 Å². The monoisotopic (exact) mass is 934 g/mol. The molecule has 1 unspecified atom stereocenters. The first-order valence-corrected chi connectivity index (χ1v) is 24.5. The Balaban J connectivity index is 0.808. The minimum atomic E-state index is -0.326. The molecule has 9 heterocycles. The topological polar surface area (TPSA) is 169 Å². The number of amides is 2. The van der Waals surface area contributed by atoms with Crippen molar-refractivity contribution in [2.24, 2.45) is 0 Å². The molecule has 11 rings (SSSR count). The molecule has 3 aliphatic rings. The van der Waals surface area contributed by atoms with Crippen LogP contribution in [0.2, 0.25) is 0 Å². The normalized spacial score (nSPS) is 16.7. The second kappa shape index (κ2) is 19.9. The Labute approximate surface area is 407 Å². The minimum Gasteiger partial charge on any atom is -0.357 e. The third-order valence-electron chi connectivity index (χ3n) is 13.8. The number of piperidine rings is 1. The SMILES string of the molecule is CN(C)Cc1cncc(-c2ccc3[nH]nc(C(=O)Nc4cncc(CN5CCC(n6nc(C(=O)Nc7ccc(N8CCCC8)nc7)c7cc(-c8cncc(CN9CCCCC9)c8)ccc76)C5)c4)c3c2)c1. The highest BCUT2D eigenvalue weighted by atomic mass is 16.2. The van der Waals surface area contributed by atoms with Gasteiger partial charge < -0.3 is 20.4 Å². The van der Waals surface area contributed by atoms with Crippen molar-refractivity contribution >= 4 is 50.8 Å². The molecule has 2 amide bonds. The van der Waals surface area contributed by atoms with Crippen LogP contribution in [0.5, 0.6) is 0 Å². The lowest BCUT2D eigenvalue weighted by Gasteiger charge is -2.26. The van der Waals surface area contributed by atoms with Crippen LogP contribution in [0.15, 0.2) is 110 Å². The number of fused-ring (bicyclic) bond motifs is 2. The predicted octanol–water partition coefficient (Wildman–Crippen LogP) is 8.43. The lowest BCUT2D eigenvalue weighted by atomic mass is 10.0. The quantitative estimate of drug-likeness (QED) is 0.0954. The number of hydrogen-bond acceptors (Lipinski definition) is 12. The molecule has 8 aromatic rings. The third kappa shape index (κ3) is 9.88. The number of nitrogens with zero attached hydrogens (tertiary/aromatic N) is 11. The van der Waals surface area contributed by atoms with Crippen LogP contribution in [0.25, 0.3) is 44.1 Å². The molecule has 0 saturated carbocycles. The summed E-state index contributed by atoms with van der Waals surface area (Å²) in [4.78, 5) is 55.7. The van der Waals surface area contributed by atoms with Crippen molar-refractivity contribution in [3.63, 3.8) is 0 Å². The average molecular weight is 935 g/mol. The highest BCUT2D eigenvalue weighted by Crippen LogP contribution is 2.33. The maximum Gasteiger partial charge on any atom is 0.276 e. The van der Waals surface area contributed by atoms with E-state index in [4.69, 9.17) is 5.10 Å². The lowest BCUT2D eigenvalue weighted by Crippen LogP contribution is -2.29. The standard InChI is InChI=1S/C54H58N14O2/c1-64(2)32-36-20-41(28-55-25-36)39-8-11-48-46(23-39)51(62-61-48)53(69)60-44-22-38(27-57-30-44)34-66-19-14-45(35-66)68-49-12-9-40(42-21-37(26-56-29-42)33-65-15-4-3-5-16-65)24-47(49)52(63-68)54(70)59-43-10-13-50(58-31-43)67-17-6-7-18-67/h8-13,20-31,45H,3-7,14-19,32-35H2,1-2H3,(H,59,70)(H,60,69)(H,61,62). The molecule has 0 radical (unpaired) electrons.